The van der Waals surface area contributed by atoms with Crippen molar-refractivity contribution in [2.24, 2.45) is 5.73 Å². The topological polar surface area (TPSA) is 88.6 Å². The number of hydrogen-bond donors (Lipinski definition) is 1. The molecular weight excluding hydrogens is 541 g/mol. The zero-order valence-electron chi connectivity index (χ0n) is 20.7. The molecule has 1 aliphatic rings. The Bertz CT molecular complexity index is 800. The van der Waals surface area contributed by atoms with Crippen LogP contribution in [0, 0.1) is 3.70 Å². The molecule has 2 rings (SSSR count). The van der Waals surface area contributed by atoms with E-state index in [1.807, 2.05) is 4.57 Å². The highest BCUT2D eigenvalue weighted by molar-refractivity contribution is 14.1. The number of nitrogens with two attached hydrogens (primary N) is 1. The fourth-order valence-electron chi connectivity index (χ4n) is 2.92. The molecule has 1 aliphatic heterocycles. The Balaban J connectivity index is 2.28. The second-order valence-electron chi connectivity index (χ2n) is 11.5. The molecule has 1 amide bonds. The maximum atomic E-state index is 11.6. The summed E-state index contributed by atoms with van der Waals surface area (Å²) in [5.41, 5.74) is 5.72. The van der Waals surface area contributed by atoms with E-state index in [2.05, 4.69) is 95.3 Å². The third kappa shape index (κ3) is 6.00. The number of hydrogen-bond acceptors (Lipinski definition) is 5. The minimum Gasteiger partial charge on any atom is -0.414 e. The lowest BCUT2D eigenvalue weighted by Gasteiger charge is -2.40. The van der Waals surface area contributed by atoms with Crippen molar-refractivity contribution in [1.82, 2.24) is 9.55 Å². The standard InChI is InChI=1S/C21H40IN3O4Si2/c1-20(2,3)30(7,8)27-12-15-14(29-31(9,10)21(4,5)6)11-16(28-15)25-13-24-17(18(25)22)19(23)26/h13-16H,11-12H2,1-10H3,(H2,23,26)/t14-,15+,16+/m0/s1. The predicted molar refractivity (Wildman–Crippen MR) is 137 cm³/mol. The Morgan fingerprint density at radius 1 is 1.19 bits per heavy atom. The molecule has 7 nitrogen and oxygen atoms in total. The van der Waals surface area contributed by atoms with E-state index < -0.39 is 22.5 Å². The van der Waals surface area contributed by atoms with Crippen LogP contribution in [0.1, 0.15) is 64.7 Å². The molecular formula is C21H40IN3O4Si2. The summed E-state index contributed by atoms with van der Waals surface area (Å²) < 4.78 is 22.3. The smallest absolute Gasteiger partial charge is 0.270 e. The molecule has 1 aromatic heterocycles. The molecule has 0 aliphatic carbocycles. The first-order valence-electron chi connectivity index (χ1n) is 10.9. The summed E-state index contributed by atoms with van der Waals surface area (Å²) in [5, 5.41) is 0.218. The average Bonchev–Trinajstić information content (AvgIpc) is 3.13. The number of primary amides is 1. The van der Waals surface area contributed by atoms with Crippen LogP contribution < -0.4 is 5.73 Å². The minimum atomic E-state index is -2.01. The zero-order valence-corrected chi connectivity index (χ0v) is 24.9. The van der Waals surface area contributed by atoms with Crippen molar-refractivity contribution >= 4 is 45.1 Å². The van der Waals surface area contributed by atoms with Gasteiger partial charge < -0.3 is 19.3 Å². The van der Waals surface area contributed by atoms with Gasteiger partial charge in [-0.1, -0.05) is 41.5 Å². The van der Waals surface area contributed by atoms with Gasteiger partial charge in [0.15, 0.2) is 22.3 Å². The summed E-state index contributed by atoms with van der Waals surface area (Å²) in [6.45, 7) is 23.0. The van der Waals surface area contributed by atoms with Crippen molar-refractivity contribution < 1.29 is 18.4 Å². The summed E-state index contributed by atoms with van der Waals surface area (Å²) >= 11 is 2.10. The molecule has 2 heterocycles. The highest BCUT2D eigenvalue weighted by Crippen LogP contribution is 2.42. The molecule has 0 bridgehead atoms. The predicted octanol–water partition coefficient (Wildman–Crippen LogP) is 5.29. The molecule has 3 atom stereocenters. The number of nitrogens with zero attached hydrogens (tertiary/aromatic N) is 2. The van der Waals surface area contributed by atoms with Gasteiger partial charge in [0.25, 0.3) is 5.91 Å². The van der Waals surface area contributed by atoms with Gasteiger partial charge in [-0.05, 0) is 58.9 Å². The van der Waals surface area contributed by atoms with Crippen LogP contribution in [0.25, 0.3) is 0 Å². The van der Waals surface area contributed by atoms with Gasteiger partial charge in [0.2, 0.25) is 0 Å². The maximum absolute atomic E-state index is 11.6. The van der Waals surface area contributed by atoms with Gasteiger partial charge >= 0.3 is 0 Å². The first kappa shape index (κ1) is 27.0. The zero-order chi connectivity index (χ0) is 24.0. The van der Waals surface area contributed by atoms with Crippen LogP contribution in [0.3, 0.4) is 0 Å². The van der Waals surface area contributed by atoms with Crippen LogP contribution >= 0.6 is 22.6 Å². The quantitative estimate of drug-likeness (QED) is 0.350. The number of rotatable bonds is 7. The van der Waals surface area contributed by atoms with E-state index in [-0.39, 0.29) is 34.2 Å². The second-order valence-corrected chi connectivity index (χ2v) is 22.1. The number of aromatic nitrogens is 2. The SMILES string of the molecule is CC(C)(C)[Si](C)(C)OC[C@H]1O[C@@H](n2cnc(C(N)=O)c2I)C[C@@H]1O[Si](C)(C)C(C)(C)C. The van der Waals surface area contributed by atoms with Crippen LogP contribution in [-0.2, 0) is 13.6 Å². The second kappa shape index (κ2) is 9.17. The lowest BCUT2D eigenvalue weighted by molar-refractivity contribution is -0.0404. The first-order valence-corrected chi connectivity index (χ1v) is 17.8. The molecule has 0 aromatic carbocycles. The van der Waals surface area contributed by atoms with Gasteiger partial charge in [-0.25, -0.2) is 4.98 Å². The Kier molecular flexibility index (Phi) is 7.98. The monoisotopic (exact) mass is 581 g/mol. The fourth-order valence-corrected chi connectivity index (χ4v) is 6.13. The molecule has 0 radical (unpaired) electrons. The highest BCUT2D eigenvalue weighted by atomic mass is 127. The van der Waals surface area contributed by atoms with E-state index in [1.165, 1.54) is 0 Å². The van der Waals surface area contributed by atoms with E-state index in [9.17, 15) is 4.79 Å². The molecule has 1 saturated heterocycles. The summed E-state index contributed by atoms with van der Waals surface area (Å²) in [7, 11) is -3.93. The van der Waals surface area contributed by atoms with Gasteiger partial charge in [0.1, 0.15) is 16.0 Å². The molecule has 0 saturated carbocycles. The third-order valence-corrected chi connectivity index (χ3v) is 17.2. The van der Waals surface area contributed by atoms with Crippen molar-refractivity contribution in [3.05, 3.63) is 15.7 Å². The van der Waals surface area contributed by atoms with Crippen molar-refractivity contribution in [1.29, 1.82) is 0 Å². The summed E-state index contributed by atoms with van der Waals surface area (Å²) in [6, 6.07) is 0. The molecule has 178 valence electrons. The number of halogens is 1. The molecule has 2 N–H and O–H groups in total. The Labute approximate surface area is 203 Å². The number of carbonyl (C=O) groups excluding carboxylic acids is 1. The minimum absolute atomic E-state index is 0.0779. The summed E-state index contributed by atoms with van der Waals surface area (Å²) in [4.78, 5) is 15.8. The van der Waals surface area contributed by atoms with Gasteiger partial charge in [0, 0.05) is 6.42 Å². The van der Waals surface area contributed by atoms with Crippen LogP contribution in [0.5, 0.6) is 0 Å². The van der Waals surface area contributed by atoms with Crippen molar-refractivity contribution in [2.45, 2.75) is 103 Å². The van der Waals surface area contributed by atoms with E-state index in [0.717, 1.165) is 0 Å². The number of ether oxygens (including phenoxy) is 1. The van der Waals surface area contributed by atoms with Gasteiger partial charge in [0.05, 0.1) is 19.0 Å². The highest BCUT2D eigenvalue weighted by Gasteiger charge is 2.46. The Hall–Kier alpha value is -0.276. The lowest BCUT2D eigenvalue weighted by atomic mass is 10.2. The Morgan fingerprint density at radius 3 is 2.19 bits per heavy atom. The number of imidazole rings is 1. The molecule has 1 fully saturated rings. The molecule has 0 unspecified atom stereocenters. The third-order valence-electron chi connectivity index (χ3n) is 7.12. The van der Waals surface area contributed by atoms with Crippen molar-refractivity contribution in [3.63, 3.8) is 0 Å². The van der Waals surface area contributed by atoms with Crippen molar-refractivity contribution in [3.8, 4) is 0 Å². The van der Waals surface area contributed by atoms with E-state index >= 15 is 0 Å². The molecule has 31 heavy (non-hydrogen) atoms. The van der Waals surface area contributed by atoms with E-state index in [4.69, 9.17) is 19.3 Å². The maximum Gasteiger partial charge on any atom is 0.270 e. The van der Waals surface area contributed by atoms with Gasteiger partial charge in [-0.3, -0.25) is 9.36 Å². The summed E-state index contributed by atoms with van der Waals surface area (Å²) in [6.07, 6.45) is 1.79. The molecule has 10 heteroatoms. The van der Waals surface area contributed by atoms with Crippen LogP contribution in [0.15, 0.2) is 6.33 Å². The molecule has 0 spiro atoms. The molecule has 1 aromatic rings. The number of amides is 1. The first-order chi connectivity index (χ1) is 13.9. The van der Waals surface area contributed by atoms with Crippen LogP contribution in [0.2, 0.25) is 36.3 Å². The Morgan fingerprint density at radius 2 is 1.74 bits per heavy atom. The largest absolute Gasteiger partial charge is 0.414 e. The van der Waals surface area contributed by atoms with Crippen molar-refractivity contribution in [2.75, 3.05) is 6.61 Å². The van der Waals surface area contributed by atoms with Gasteiger partial charge in [-0.2, -0.15) is 0 Å². The fraction of sp³-hybridized carbons (Fsp3) is 0.810. The average molecular weight is 582 g/mol. The van der Waals surface area contributed by atoms with Gasteiger partial charge in [-0.15, -0.1) is 0 Å². The lowest BCUT2D eigenvalue weighted by Crippen LogP contribution is -2.48. The van der Waals surface area contributed by atoms with Crippen LogP contribution in [-0.4, -0.2) is 50.9 Å². The van der Waals surface area contributed by atoms with Crippen LogP contribution in [0.4, 0.5) is 0 Å². The normalized spacial score (nSPS) is 23.4. The number of carbonyl (C=O) groups is 1. The van der Waals surface area contributed by atoms with E-state index in [0.29, 0.717) is 16.7 Å². The van der Waals surface area contributed by atoms with E-state index in [1.54, 1.807) is 6.33 Å². The summed E-state index contributed by atoms with van der Waals surface area (Å²) in [5.74, 6) is -0.534.